The molecule has 0 saturated carbocycles. The molecule has 3 saturated heterocycles. The number of amides is 12. The molecule has 3 rings (SSSR count). The predicted octanol–water partition coefficient (Wildman–Crippen LogP) is -6.36. The number of carboxylic acids is 1. The van der Waals surface area contributed by atoms with E-state index in [9.17, 15) is 96.8 Å². The first-order chi connectivity index (χ1) is 41.8. The number of carbonyl (C=O) groups is 13. The minimum absolute atomic E-state index is 0.0153. The normalized spacial score (nSPS) is 19.6. The molecular weight excluding hydrogens is 1240 g/mol. The first-order valence-electron chi connectivity index (χ1n) is 29.5. The Kier molecular flexibility index (Phi) is 31.1. The Hall–Kier alpha value is -6.43. The van der Waals surface area contributed by atoms with Gasteiger partial charge >= 0.3 is 22.3 Å². The summed E-state index contributed by atoms with van der Waals surface area (Å²) in [5, 5.41) is 37.8. The number of aliphatic hydroxyl groups excluding tert-OH is 1. The van der Waals surface area contributed by atoms with Crippen molar-refractivity contribution in [3.63, 3.8) is 0 Å². The van der Waals surface area contributed by atoms with Gasteiger partial charge in [0.2, 0.25) is 70.9 Å². The second-order valence-electron chi connectivity index (χ2n) is 23.6. The van der Waals surface area contributed by atoms with Crippen molar-refractivity contribution in [1.29, 1.82) is 0 Å². The van der Waals surface area contributed by atoms with Gasteiger partial charge in [0.25, 0.3) is 0 Å². The van der Waals surface area contributed by atoms with Gasteiger partial charge in [-0.2, -0.15) is 33.9 Å². The van der Waals surface area contributed by atoms with Crippen molar-refractivity contribution in [3.05, 3.63) is 0 Å². The highest BCUT2D eigenvalue weighted by molar-refractivity contribution is 7.53. The fourth-order valence-electron chi connectivity index (χ4n) is 10.4. The van der Waals surface area contributed by atoms with E-state index in [2.05, 4.69) is 41.7 Å². The van der Waals surface area contributed by atoms with Crippen LogP contribution in [0.3, 0.4) is 0 Å². The highest BCUT2D eigenvalue weighted by Gasteiger charge is 2.49. The number of nitrogens with zero attached hydrogens (tertiary/aromatic N) is 3. The number of rotatable bonds is 36. The van der Waals surface area contributed by atoms with Crippen molar-refractivity contribution in [2.24, 2.45) is 29.2 Å². The molecule has 38 heteroatoms. The number of hydrogen-bond donors (Lipinski definition) is 18. The van der Waals surface area contributed by atoms with E-state index >= 15 is 0 Å². The molecule has 3 aliphatic heterocycles. The average molecular weight is 1330 g/mol. The topological polar surface area (TPSA) is 560 Å². The summed E-state index contributed by atoms with van der Waals surface area (Å²) in [5.74, 6) is -13.3. The SMILES string of the molecule is CC(C)C[C@H](NC(=O)CNC(=O)[C@H](CO)NC(=O)[C@@H]1CCCN1C(=O)[C@@H](N)CC(C)C)C(=O)N[C@@H](CC(C)C)C(=O)N[C@H](C(=O)N1CCC[C@H]1C(=O)N1CCC[C@H]1C(=O)N[C@@H](CCC(N)=O)C(=O)N[C@@H](CO[P+](O)(O)O)C(=O)NCC(=O)O)[C@H](C)O[P+](O)(O)O. The summed E-state index contributed by atoms with van der Waals surface area (Å²) >= 11 is 0. The van der Waals surface area contributed by atoms with Crippen LogP contribution in [0.25, 0.3) is 0 Å². The first kappa shape index (κ1) is 77.8. The zero-order valence-electron chi connectivity index (χ0n) is 51.4. The Balaban J connectivity index is 1.82. The van der Waals surface area contributed by atoms with Crippen molar-refractivity contribution in [3.8, 4) is 0 Å². The van der Waals surface area contributed by atoms with Crippen LogP contribution in [0, 0.1) is 17.8 Å². The maximum Gasteiger partial charge on any atom is 0.567 e. The summed E-state index contributed by atoms with van der Waals surface area (Å²) < 4.78 is 9.47. The molecule has 90 heavy (non-hydrogen) atoms. The lowest BCUT2D eigenvalue weighted by molar-refractivity contribution is -0.149. The molecule has 0 aromatic carbocycles. The maximum absolute atomic E-state index is 14.7. The van der Waals surface area contributed by atoms with Crippen LogP contribution < -0.4 is 54.0 Å². The van der Waals surface area contributed by atoms with E-state index in [1.165, 1.54) is 4.90 Å². The fraction of sp³-hybridized carbons (Fsp3) is 0.750. The van der Waals surface area contributed by atoms with Crippen LogP contribution in [0.1, 0.15) is 119 Å². The van der Waals surface area contributed by atoms with E-state index in [0.717, 1.165) is 16.7 Å². The second-order valence-corrected chi connectivity index (χ2v) is 26.1. The van der Waals surface area contributed by atoms with Gasteiger partial charge in [0.05, 0.1) is 19.2 Å². The summed E-state index contributed by atoms with van der Waals surface area (Å²) in [7, 11) is -10.2. The number of primary amides is 1. The molecule has 3 aliphatic rings. The maximum atomic E-state index is 14.7. The third kappa shape index (κ3) is 25.7. The third-order valence-electron chi connectivity index (χ3n) is 14.6. The lowest BCUT2D eigenvalue weighted by atomic mass is 9.99. The third-order valence-corrected chi connectivity index (χ3v) is 15.7. The fourth-order valence-corrected chi connectivity index (χ4v) is 11.3. The van der Waals surface area contributed by atoms with E-state index in [1.807, 2.05) is 19.2 Å². The Bertz CT molecular complexity index is 2560. The first-order valence-corrected chi connectivity index (χ1v) is 32.6. The highest BCUT2D eigenvalue weighted by atomic mass is 31.2. The molecule has 3 fully saturated rings. The molecule has 36 nitrogen and oxygen atoms in total. The number of aliphatic carboxylic acids is 1. The monoisotopic (exact) mass is 1330 g/mol. The Morgan fingerprint density at radius 2 is 0.989 bits per heavy atom. The summed E-state index contributed by atoms with van der Waals surface area (Å²) in [6.45, 7) is 7.97. The van der Waals surface area contributed by atoms with Crippen LogP contribution in [0.2, 0.25) is 0 Å². The molecule has 20 N–H and O–H groups in total. The van der Waals surface area contributed by atoms with Crippen molar-refractivity contribution in [2.45, 2.75) is 186 Å². The number of aliphatic hydroxyl groups is 1. The molecule has 0 radical (unpaired) electrons. The van der Waals surface area contributed by atoms with Crippen molar-refractivity contribution in [1.82, 2.24) is 57.2 Å². The van der Waals surface area contributed by atoms with Crippen LogP contribution in [-0.2, 0) is 71.4 Å². The number of carbonyl (C=O) groups excluding carboxylic acids is 12. The molecule has 11 atom stereocenters. The minimum Gasteiger partial charge on any atom is -0.480 e. The molecule has 0 spiro atoms. The van der Waals surface area contributed by atoms with E-state index in [0.29, 0.717) is 12.8 Å². The molecule has 0 aromatic heterocycles. The van der Waals surface area contributed by atoms with Crippen LogP contribution in [0.15, 0.2) is 0 Å². The van der Waals surface area contributed by atoms with E-state index in [4.69, 9.17) is 21.1 Å². The highest BCUT2D eigenvalue weighted by Crippen LogP contribution is 2.48. The largest absolute Gasteiger partial charge is 0.567 e. The van der Waals surface area contributed by atoms with Gasteiger partial charge in [0.1, 0.15) is 73.6 Å². The zero-order chi connectivity index (χ0) is 68.1. The van der Waals surface area contributed by atoms with E-state index < -0.39 is 199 Å². The van der Waals surface area contributed by atoms with Gasteiger partial charge in [-0.15, -0.1) is 4.52 Å². The minimum atomic E-state index is -5.18. The van der Waals surface area contributed by atoms with Crippen LogP contribution in [0.4, 0.5) is 0 Å². The summed E-state index contributed by atoms with van der Waals surface area (Å²) in [4.78, 5) is 236. The molecule has 12 amide bonds. The average Bonchev–Trinajstić information content (AvgIpc) is 1.61. The van der Waals surface area contributed by atoms with Crippen molar-refractivity contribution < 1.29 is 111 Å². The molecule has 0 aliphatic carbocycles. The number of nitrogens with two attached hydrogens (primary N) is 2. The Morgan fingerprint density at radius 3 is 1.50 bits per heavy atom. The molecule has 0 aromatic rings. The van der Waals surface area contributed by atoms with Crippen LogP contribution in [0.5, 0.6) is 0 Å². The summed E-state index contributed by atoms with van der Waals surface area (Å²) in [5.41, 5.74) is 11.4. The molecule has 0 unspecified atom stereocenters. The van der Waals surface area contributed by atoms with Gasteiger partial charge in [-0.25, -0.2) is 0 Å². The molecule has 0 bridgehead atoms. The second kappa shape index (κ2) is 36.0. The Morgan fingerprint density at radius 1 is 0.533 bits per heavy atom. The van der Waals surface area contributed by atoms with Gasteiger partial charge in [-0.05, 0) is 88.9 Å². The van der Waals surface area contributed by atoms with Crippen molar-refractivity contribution >= 4 is 93.2 Å². The van der Waals surface area contributed by atoms with Gasteiger partial charge in [0.15, 0.2) is 0 Å². The van der Waals surface area contributed by atoms with Gasteiger partial charge in [-0.1, -0.05) is 41.5 Å². The lowest BCUT2D eigenvalue weighted by Crippen LogP contribution is -2.62. The standard InChI is InChI=1S/C52H89N13O23P2/c1-26(2)19-30(53)50(78)63-16-8-11-36(63)49(77)60-34(24-66)43(71)55-22-40(68)57-32(20-27(3)4)46(74)59-33(21-28(5)6)47(75)62-42(29(7)88-90(84,85)86)52(80)65-18-10-13-38(65)51(79)64-17-9-12-37(64)48(76)58-31(14-15-39(54)67)45(73)61-35(25-87-89(81,82)83)44(72)56-23-41(69)70/h26-38,42,66,81-86H,8-25,53H2,1-7H3,(H9-2,54,55,56,57,58,59,60,61,62,67,68,69,70,71,72,73,74,75,76,77)/p+2/t29-,30-,31-,32-,33-,34-,35-,36-,37-,38-,42-/m0/s1. The number of likely N-dealkylation sites (tertiary alicyclic amines) is 3. The number of carboxylic acid groups (broad SMARTS) is 1. The van der Waals surface area contributed by atoms with Crippen LogP contribution >= 0.6 is 16.3 Å². The molecule has 510 valence electrons. The number of hydrogen-bond acceptors (Lipinski definition) is 23. The lowest BCUT2D eigenvalue weighted by Gasteiger charge is -2.34. The smallest absolute Gasteiger partial charge is 0.480 e. The Labute approximate surface area is 520 Å². The molecule has 3 heterocycles. The van der Waals surface area contributed by atoms with E-state index in [-0.39, 0.29) is 82.3 Å². The zero-order valence-corrected chi connectivity index (χ0v) is 53.2. The van der Waals surface area contributed by atoms with Gasteiger partial charge in [-0.3, -0.25) is 62.3 Å². The van der Waals surface area contributed by atoms with E-state index in [1.54, 1.807) is 27.7 Å². The van der Waals surface area contributed by atoms with Crippen LogP contribution in [-0.4, -0.2) is 244 Å². The quantitative estimate of drug-likeness (QED) is 0.0259. The number of nitrogens with one attached hydrogen (secondary N) is 8. The van der Waals surface area contributed by atoms with Gasteiger partial charge in [0, 0.05) is 26.1 Å². The summed E-state index contributed by atoms with van der Waals surface area (Å²) in [6, 6.07) is -14.5. The van der Waals surface area contributed by atoms with Gasteiger partial charge < -0.3 is 78.9 Å². The van der Waals surface area contributed by atoms with Crippen molar-refractivity contribution in [2.75, 3.05) is 45.9 Å². The summed E-state index contributed by atoms with van der Waals surface area (Å²) in [6.07, 6.45) is -1.48. The predicted molar refractivity (Wildman–Crippen MR) is 315 cm³/mol. The molecular formula is C52H91N13O23P2+2.